The Morgan fingerprint density at radius 2 is 2.33 bits per heavy atom. The standard InChI is InChI=1S/C9H11NO2/c1-9(2)7(10-8(9)11)6-4-3-5-12-6/h3-5,7H,1-2H3,(H,10,11)/t7-/m1/s1. The number of furan rings is 1. The minimum Gasteiger partial charge on any atom is -0.467 e. The van der Waals surface area contributed by atoms with Gasteiger partial charge in [0, 0.05) is 0 Å². The first-order valence-corrected chi connectivity index (χ1v) is 3.97. The van der Waals surface area contributed by atoms with E-state index < -0.39 is 0 Å². The molecular weight excluding hydrogens is 154 g/mol. The lowest BCUT2D eigenvalue weighted by Crippen LogP contribution is -2.57. The molecule has 1 atom stereocenters. The van der Waals surface area contributed by atoms with Crippen molar-refractivity contribution in [2.45, 2.75) is 19.9 Å². The molecule has 3 nitrogen and oxygen atoms in total. The third-order valence-corrected chi connectivity index (χ3v) is 2.41. The van der Waals surface area contributed by atoms with E-state index in [1.807, 2.05) is 26.0 Å². The Kier molecular flexibility index (Phi) is 1.31. The Labute approximate surface area is 70.8 Å². The van der Waals surface area contributed by atoms with Gasteiger partial charge in [-0.2, -0.15) is 0 Å². The van der Waals surface area contributed by atoms with Crippen molar-refractivity contribution >= 4 is 5.91 Å². The van der Waals surface area contributed by atoms with Crippen molar-refractivity contribution in [1.29, 1.82) is 0 Å². The van der Waals surface area contributed by atoms with Crippen molar-refractivity contribution in [1.82, 2.24) is 5.32 Å². The molecule has 1 saturated heterocycles. The average Bonchev–Trinajstić information content (AvgIpc) is 2.51. The highest BCUT2D eigenvalue weighted by Gasteiger charge is 2.49. The summed E-state index contributed by atoms with van der Waals surface area (Å²) in [7, 11) is 0. The van der Waals surface area contributed by atoms with E-state index in [0.717, 1.165) is 5.76 Å². The number of β-lactam (4-membered cyclic amide) rings is 1. The van der Waals surface area contributed by atoms with Gasteiger partial charge < -0.3 is 9.73 Å². The van der Waals surface area contributed by atoms with Crippen LogP contribution in [0.1, 0.15) is 25.6 Å². The molecule has 0 unspecified atom stereocenters. The lowest BCUT2D eigenvalue weighted by atomic mass is 9.75. The van der Waals surface area contributed by atoms with E-state index in [-0.39, 0.29) is 17.4 Å². The third-order valence-electron chi connectivity index (χ3n) is 2.41. The van der Waals surface area contributed by atoms with Crippen molar-refractivity contribution in [3.8, 4) is 0 Å². The first-order chi connectivity index (χ1) is 5.62. The van der Waals surface area contributed by atoms with E-state index in [4.69, 9.17) is 4.42 Å². The fourth-order valence-corrected chi connectivity index (χ4v) is 1.43. The highest BCUT2D eigenvalue weighted by molar-refractivity contribution is 5.89. The highest BCUT2D eigenvalue weighted by atomic mass is 16.3. The number of hydrogen-bond donors (Lipinski definition) is 1. The molecule has 0 bridgehead atoms. The molecule has 64 valence electrons. The molecule has 1 amide bonds. The quantitative estimate of drug-likeness (QED) is 0.640. The van der Waals surface area contributed by atoms with Crippen molar-refractivity contribution in [3.63, 3.8) is 0 Å². The maximum absolute atomic E-state index is 11.1. The van der Waals surface area contributed by atoms with Gasteiger partial charge in [0.05, 0.1) is 11.7 Å². The van der Waals surface area contributed by atoms with Gasteiger partial charge in [0.25, 0.3) is 0 Å². The van der Waals surface area contributed by atoms with Crippen molar-refractivity contribution < 1.29 is 9.21 Å². The molecule has 0 spiro atoms. The van der Waals surface area contributed by atoms with Gasteiger partial charge in [0.2, 0.25) is 5.91 Å². The summed E-state index contributed by atoms with van der Waals surface area (Å²) in [6.07, 6.45) is 1.62. The molecule has 12 heavy (non-hydrogen) atoms. The molecule has 2 heterocycles. The van der Waals surface area contributed by atoms with Gasteiger partial charge in [-0.05, 0) is 26.0 Å². The van der Waals surface area contributed by atoms with Crippen LogP contribution < -0.4 is 5.32 Å². The van der Waals surface area contributed by atoms with E-state index in [0.29, 0.717) is 0 Å². The predicted octanol–water partition coefficient (Wildman–Crippen LogP) is 1.48. The van der Waals surface area contributed by atoms with E-state index in [2.05, 4.69) is 5.32 Å². The van der Waals surface area contributed by atoms with Crippen molar-refractivity contribution in [2.75, 3.05) is 0 Å². The number of nitrogens with one attached hydrogen (secondary N) is 1. The summed E-state index contributed by atoms with van der Waals surface area (Å²) < 4.78 is 5.21. The van der Waals surface area contributed by atoms with Crippen LogP contribution in [0.25, 0.3) is 0 Å². The van der Waals surface area contributed by atoms with Crippen LogP contribution in [0.3, 0.4) is 0 Å². The fourth-order valence-electron chi connectivity index (χ4n) is 1.43. The zero-order valence-electron chi connectivity index (χ0n) is 7.13. The first kappa shape index (κ1) is 7.40. The molecular formula is C9H11NO2. The zero-order chi connectivity index (χ0) is 8.77. The topological polar surface area (TPSA) is 42.2 Å². The molecule has 1 aromatic rings. The van der Waals surface area contributed by atoms with E-state index in [1.165, 1.54) is 0 Å². The predicted molar refractivity (Wildman–Crippen MR) is 43.4 cm³/mol. The summed E-state index contributed by atoms with van der Waals surface area (Å²) in [5, 5.41) is 2.80. The van der Waals surface area contributed by atoms with Crippen LogP contribution in [0.5, 0.6) is 0 Å². The van der Waals surface area contributed by atoms with Crippen LogP contribution in [0, 0.1) is 5.41 Å². The summed E-state index contributed by atoms with van der Waals surface area (Å²) in [6, 6.07) is 3.75. The van der Waals surface area contributed by atoms with Crippen molar-refractivity contribution in [3.05, 3.63) is 24.2 Å². The number of carbonyl (C=O) groups excluding carboxylic acids is 1. The minimum absolute atomic E-state index is 0.0417. The Hall–Kier alpha value is -1.25. The molecule has 0 radical (unpaired) electrons. The van der Waals surface area contributed by atoms with Gasteiger partial charge >= 0.3 is 0 Å². The van der Waals surface area contributed by atoms with Crippen LogP contribution in [-0.4, -0.2) is 5.91 Å². The molecule has 1 aromatic heterocycles. The molecule has 0 saturated carbocycles. The number of hydrogen-bond acceptors (Lipinski definition) is 2. The molecule has 1 fully saturated rings. The molecule has 3 heteroatoms. The second-order valence-electron chi connectivity index (χ2n) is 3.64. The van der Waals surface area contributed by atoms with Crippen molar-refractivity contribution in [2.24, 2.45) is 5.41 Å². The van der Waals surface area contributed by atoms with E-state index >= 15 is 0 Å². The SMILES string of the molecule is CC1(C)C(=O)N[C@@H]1c1ccco1. The lowest BCUT2D eigenvalue weighted by molar-refractivity contribution is -0.143. The second kappa shape index (κ2) is 2.12. The smallest absolute Gasteiger partial charge is 0.228 e. The van der Waals surface area contributed by atoms with Gasteiger partial charge in [-0.15, -0.1) is 0 Å². The van der Waals surface area contributed by atoms with Gasteiger partial charge in [0.1, 0.15) is 11.8 Å². The average molecular weight is 165 g/mol. The molecule has 0 aliphatic carbocycles. The summed E-state index contributed by atoms with van der Waals surface area (Å²) in [5.74, 6) is 0.920. The first-order valence-electron chi connectivity index (χ1n) is 3.97. The van der Waals surface area contributed by atoms with Gasteiger partial charge in [-0.1, -0.05) is 0 Å². The summed E-state index contributed by atoms with van der Waals surface area (Å²) >= 11 is 0. The molecule has 1 aliphatic rings. The second-order valence-corrected chi connectivity index (χ2v) is 3.64. The minimum atomic E-state index is -0.322. The number of rotatable bonds is 1. The maximum Gasteiger partial charge on any atom is 0.228 e. The van der Waals surface area contributed by atoms with E-state index in [1.54, 1.807) is 6.26 Å². The normalized spacial score (nSPS) is 26.2. The van der Waals surface area contributed by atoms with Crippen LogP contribution >= 0.6 is 0 Å². The van der Waals surface area contributed by atoms with Crippen LogP contribution in [0.15, 0.2) is 22.8 Å². The van der Waals surface area contributed by atoms with Crippen LogP contribution in [0.4, 0.5) is 0 Å². The van der Waals surface area contributed by atoms with Gasteiger partial charge in [-0.3, -0.25) is 4.79 Å². The summed E-state index contributed by atoms with van der Waals surface area (Å²) in [6.45, 7) is 3.83. The highest BCUT2D eigenvalue weighted by Crippen LogP contribution is 2.41. The summed E-state index contributed by atoms with van der Waals surface area (Å²) in [4.78, 5) is 11.1. The number of carbonyl (C=O) groups is 1. The third kappa shape index (κ3) is 0.793. The Bertz CT molecular complexity index is 300. The monoisotopic (exact) mass is 165 g/mol. The Morgan fingerprint density at radius 3 is 2.75 bits per heavy atom. The van der Waals surface area contributed by atoms with Crippen LogP contribution in [-0.2, 0) is 4.79 Å². The Balaban J connectivity index is 2.25. The largest absolute Gasteiger partial charge is 0.467 e. The van der Waals surface area contributed by atoms with Gasteiger partial charge in [0.15, 0.2) is 0 Å². The zero-order valence-corrected chi connectivity index (χ0v) is 7.13. The number of amides is 1. The van der Waals surface area contributed by atoms with Gasteiger partial charge in [-0.25, -0.2) is 0 Å². The van der Waals surface area contributed by atoms with E-state index in [9.17, 15) is 4.79 Å². The maximum atomic E-state index is 11.1. The van der Waals surface area contributed by atoms with Crippen LogP contribution in [0.2, 0.25) is 0 Å². The lowest BCUT2D eigenvalue weighted by Gasteiger charge is -2.42. The summed E-state index contributed by atoms with van der Waals surface area (Å²) in [5.41, 5.74) is -0.322. The molecule has 1 N–H and O–H groups in total. The molecule has 2 rings (SSSR count). The molecule has 0 aromatic carbocycles. The molecule has 1 aliphatic heterocycles. The Morgan fingerprint density at radius 1 is 1.58 bits per heavy atom. The fraction of sp³-hybridized carbons (Fsp3) is 0.444.